The number of sulfone groups is 1. The van der Waals surface area contributed by atoms with E-state index in [0.717, 1.165) is 26.1 Å². The number of piperazine rings is 1. The summed E-state index contributed by atoms with van der Waals surface area (Å²) < 4.78 is 23.0. The van der Waals surface area contributed by atoms with Gasteiger partial charge in [-0.3, -0.25) is 4.90 Å². The maximum Gasteiger partial charge on any atom is 0.150 e. The summed E-state index contributed by atoms with van der Waals surface area (Å²) in [7, 11) is -2.81. The average molecular weight is 276 g/mol. The molecular formula is C13H28N2O2S. The highest BCUT2D eigenvalue weighted by molar-refractivity contribution is 7.91. The van der Waals surface area contributed by atoms with E-state index >= 15 is 0 Å². The average Bonchev–Trinajstić information content (AvgIpc) is 2.32. The van der Waals surface area contributed by atoms with Crippen LogP contribution in [0.25, 0.3) is 0 Å². The molecule has 2 unspecified atom stereocenters. The first-order chi connectivity index (χ1) is 8.48. The van der Waals surface area contributed by atoms with Gasteiger partial charge in [0.2, 0.25) is 0 Å². The molecule has 5 heteroatoms. The van der Waals surface area contributed by atoms with Crippen LogP contribution in [-0.4, -0.2) is 56.5 Å². The minimum Gasteiger partial charge on any atom is -0.311 e. The predicted octanol–water partition coefficient (Wildman–Crippen LogP) is 1.27. The molecule has 1 saturated heterocycles. The monoisotopic (exact) mass is 276 g/mol. The second kappa shape index (κ2) is 7.46. The van der Waals surface area contributed by atoms with Crippen LogP contribution in [0.15, 0.2) is 0 Å². The van der Waals surface area contributed by atoms with Crippen molar-refractivity contribution in [2.45, 2.75) is 52.1 Å². The zero-order chi connectivity index (χ0) is 13.6. The molecule has 0 amide bonds. The predicted molar refractivity (Wildman–Crippen MR) is 76.7 cm³/mol. The Morgan fingerprint density at radius 1 is 1.33 bits per heavy atom. The third kappa shape index (κ3) is 5.24. The van der Waals surface area contributed by atoms with Crippen LogP contribution in [0.3, 0.4) is 0 Å². The summed E-state index contributed by atoms with van der Waals surface area (Å²) in [6, 6.07) is 1.09. The van der Waals surface area contributed by atoms with Crippen molar-refractivity contribution >= 4 is 9.84 Å². The Morgan fingerprint density at radius 2 is 2.06 bits per heavy atom. The van der Waals surface area contributed by atoms with Crippen LogP contribution in [0.4, 0.5) is 0 Å². The molecule has 1 heterocycles. The lowest BCUT2D eigenvalue weighted by molar-refractivity contribution is 0.128. The normalized spacial score (nSPS) is 26.4. The number of nitrogens with one attached hydrogen (secondary N) is 1. The minimum absolute atomic E-state index is 0.267. The maximum atomic E-state index is 11.5. The van der Waals surface area contributed by atoms with E-state index in [-0.39, 0.29) is 5.75 Å². The molecule has 1 aliphatic heterocycles. The lowest BCUT2D eigenvalue weighted by Gasteiger charge is -2.39. The van der Waals surface area contributed by atoms with Gasteiger partial charge in [0.25, 0.3) is 0 Å². The second-order valence-corrected chi connectivity index (χ2v) is 7.81. The molecule has 0 spiro atoms. The van der Waals surface area contributed by atoms with Gasteiger partial charge in [0.05, 0.1) is 5.75 Å². The van der Waals surface area contributed by atoms with Gasteiger partial charge in [-0.2, -0.15) is 0 Å². The molecule has 0 bridgehead atoms. The highest BCUT2D eigenvalue weighted by atomic mass is 32.2. The smallest absolute Gasteiger partial charge is 0.150 e. The Labute approximate surface area is 112 Å². The molecule has 108 valence electrons. The molecule has 1 aliphatic rings. The van der Waals surface area contributed by atoms with E-state index < -0.39 is 9.84 Å². The first-order valence-electron chi connectivity index (χ1n) is 7.16. The number of nitrogens with zero attached hydrogens (tertiary/aromatic N) is 1. The van der Waals surface area contributed by atoms with E-state index in [9.17, 15) is 8.42 Å². The summed E-state index contributed by atoms with van der Waals surface area (Å²) in [5.41, 5.74) is 0. The summed E-state index contributed by atoms with van der Waals surface area (Å²) in [4.78, 5) is 2.47. The van der Waals surface area contributed by atoms with Gasteiger partial charge in [0.1, 0.15) is 9.84 Å². The summed E-state index contributed by atoms with van der Waals surface area (Å²) in [5.74, 6) is 0.601. The van der Waals surface area contributed by atoms with Crippen LogP contribution in [0.2, 0.25) is 0 Å². The van der Waals surface area contributed by atoms with Crippen molar-refractivity contribution in [3.8, 4) is 0 Å². The van der Waals surface area contributed by atoms with Crippen molar-refractivity contribution in [2.24, 2.45) is 0 Å². The van der Waals surface area contributed by atoms with Gasteiger partial charge >= 0.3 is 0 Å². The molecule has 0 aliphatic carbocycles. The summed E-state index contributed by atoms with van der Waals surface area (Å²) >= 11 is 0. The fourth-order valence-corrected chi connectivity index (χ4v) is 3.41. The number of rotatable bonds is 7. The van der Waals surface area contributed by atoms with Crippen molar-refractivity contribution in [1.82, 2.24) is 10.2 Å². The minimum atomic E-state index is -2.81. The van der Waals surface area contributed by atoms with E-state index in [0.29, 0.717) is 17.8 Å². The molecule has 0 saturated carbocycles. The van der Waals surface area contributed by atoms with Gasteiger partial charge < -0.3 is 5.32 Å². The van der Waals surface area contributed by atoms with E-state index in [1.54, 1.807) is 6.92 Å². The number of hydrogen-bond acceptors (Lipinski definition) is 4. The SMILES string of the molecule is CCCC1CNC(C)CN1CCCS(=O)(=O)CC. The van der Waals surface area contributed by atoms with Crippen molar-refractivity contribution in [3.63, 3.8) is 0 Å². The lowest BCUT2D eigenvalue weighted by Crippen LogP contribution is -2.55. The van der Waals surface area contributed by atoms with Crippen LogP contribution in [0.1, 0.15) is 40.0 Å². The third-order valence-electron chi connectivity index (χ3n) is 3.69. The Kier molecular flexibility index (Phi) is 6.60. The molecule has 0 radical (unpaired) electrons. The highest BCUT2D eigenvalue weighted by Crippen LogP contribution is 2.13. The number of hydrogen-bond donors (Lipinski definition) is 1. The molecular weight excluding hydrogens is 248 g/mol. The van der Waals surface area contributed by atoms with Gasteiger partial charge in [-0.25, -0.2) is 8.42 Å². The first kappa shape index (κ1) is 15.9. The molecule has 1 rings (SSSR count). The fraction of sp³-hybridized carbons (Fsp3) is 1.00. The van der Waals surface area contributed by atoms with Crippen molar-refractivity contribution in [2.75, 3.05) is 31.1 Å². The van der Waals surface area contributed by atoms with E-state index in [1.807, 2.05) is 0 Å². The van der Waals surface area contributed by atoms with Crippen LogP contribution < -0.4 is 5.32 Å². The van der Waals surface area contributed by atoms with Crippen molar-refractivity contribution in [1.29, 1.82) is 0 Å². The fourth-order valence-electron chi connectivity index (χ4n) is 2.56. The van der Waals surface area contributed by atoms with Crippen molar-refractivity contribution < 1.29 is 8.42 Å². The molecule has 0 aromatic rings. The van der Waals surface area contributed by atoms with E-state index in [2.05, 4.69) is 24.1 Å². The van der Waals surface area contributed by atoms with Gasteiger partial charge in [-0.05, 0) is 26.3 Å². The van der Waals surface area contributed by atoms with Gasteiger partial charge in [0, 0.05) is 30.9 Å². The van der Waals surface area contributed by atoms with Crippen LogP contribution >= 0.6 is 0 Å². The molecule has 4 nitrogen and oxygen atoms in total. The second-order valence-electron chi connectivity index (χ2n) is 5.34. The Morgan fingerprint density at radius 3 is 2.67 bits per heavy atom. The van der Waals surface area contributed by atoms with E-state index in [1.165, 1.54) is 12.8 Å². The zero-order valence-corrected chi connectivity index (χ0v) is 12.8. The quantitative estimate of drug-likeness (QED) is 0.761. The van der Waals surface area contributed by atoms with Crippen LogP contribution in [0.5, 0.6) is 0 Å². The Bertz CT molecular complexity index is 330. The topological polar surface area (TPSA) is 49.4 Å². The zero-order valence-electron chi connectivity index (χ0n) is 12.0. The molecule has 2 atom stereocenters. The van der Waals surface area contributed by atoms with Gasteiger partial charge in [0.15, 0.2) is 0 Å². The van der Waals surface area contributed by atoms with Gasteiger partial charge in [-0.1, -0.05) is 20.3 Å². The molecule has 18 heavy (non-hydrogen) atoms. The maximum absolute atomic E-state index is 11.5. The molecule has 0 aromatic heterocycles. The van der Waals surface area contributed by atoms with E-state index in [4.69, 9.17) is 0 Å². The molecule has 1 fully saturated rings. The molecule has 1 N–H and O–H groups in total. The Hall–Kier alpha value is -0.130. The summed E-state index contributed by atoms with van der Waals surface area (Å²) in [5, 5.41) is 3.50. The lowest BCUT2D eigenvalue weighted by atomic mass is 10.1. The standard InChI is InChI=1S/C13H28N2O2S/c1-4-7-13-10-14-12(3)11-15(13)8-6-9-18(16,17)5-2/h12-14H,4-11H2,1-3H3. The largest absolute Gasteiger partial charge is 0.311 e. The summed E-state index contributed by atoms with van der Waals surface area (Å²) in [6.45, 7) is 9.11. The summed E-state index contributed by atoms with van der Waals surface area (Å²) in [6.07, 6.45) is 3.15. The van der Waals surface area contributed by atoms with Crippen LogP contribution in [0, 0.1) is 0 Å². The Balaban J connectivity index is 2.41. The third-order valence-corrected chi connectivity index (χ3v) is 5.48. The van der Waals surface area contributed by atoms with Crippen molar-refractivity contribution in [3.05, 3.63) is 0 Å². The molecule has 0 aromatic carbocycles. The highest BCUT2D eigenvalue weighted by Gasteiger charge is 2.24. The van der Waals surface area contributed by atoms with Crippen LogP contribution in [-0.2, 0) is 9.84 Å². The first-order valence-corrected chi connectivity index (χ1v) is 8.98. The van der Waals surface area contributed by atoms with Gasteiger partial charge in [-0.15, -0.1) is 0 Å².